The molecule has 15 rings (SSSR count). The zero-order valence-corrected chi connectivity index (χ0v) is 61.8. The highest BCUT2D eigenvalue weighted by atomic mass is 16.6. The van der Waals surface area contributed by atoms with Gasteiger partial charge in [0.25, 0.3) is 11.8 Å². The number of ether oxygens (including phenoxy) is 5. The van der Waals surface area contributed by atoms with Crippen LogP contribution in [0, 0.1) is 13.8 Å². The maximum Gasteiger partial charge on any atom is 0.410 e. The number of fused-ring (bicyclic) bond motifs is 2. The van der Waals surface area contributed by atoms with Gasteiger partial charge in [0.05, 0.1) is 30.0 Å². The summed E-state index contributed by atoms with van der Waals surface area (Å²) in [6.45, 7) is 21.7. The van der Waals surface area contributed by atoms with Crippen LogP contribution in [-0.4, -0.2) is 165 Å². The van der Waals surface area contributed by atoms with Gasteiger partial charge in [-0.05, 0) is 187 Å². The molecule has 0 aliphatic carbocycles. The van der Waals surface area contributed by atoms with Gasteiger partial charge in [-0.2, -0.15) is 10.2 Å². The number of hydrogen-bond donors (Lipinski definition) is 5. The lowest BCUT2D eigenvalue weighted by molar-refractivity contribution is -0.0365. The van der Waals surface area contributed by atoms with Crippen molar-refractivity contribution >= 4 is 39.7 Å². The average molecular weight is 1430 g/mol. The Hall–Kier alpha value is -10.8. The largest absolute Gasteiger partial charge is 0.490 e. The normalized spacial score (nSPS) is 16.0. The number of nitrogens with zero attached hydrogens (tertiary/aromatic N) is 10. The van der Waals surface area contributed by atoms with E-state index in [9.17, 15) is 14.4 Å². The second-order valence-corrected chi connectivity index (χ2v) is 28.4. The molecule has 23 nitrogen and oxygen atoms in total. The number of pyridine rings is 2. The highest BCUT2D eigenvalue weighted by molar-refractivity contribution is 5.98. The van der Waals surface area contributed by atoms with Crippen molar-refractivity contribution in [2.45, 2.75) is 149 Å². The highest BCUT2D eigenvalue weighted by Crippen LogP contribution is 2.38. The average Bonchev–Trinajstić information content (AvgIpc) is 1.60. The molecule has 6 aromatic heterocycles. The molecule has 0 saturated carbocycles. The molecule has 552 valence electrons. The number of nitrogens with one attached hydrogen (secondary N) is 5. The zero-order valence-electron chi connectivity index (χ0n) is 61.8. The Kier molecular flexibility index (Phi) is 23.9. The fraction of sp³-hybridized carbons (Fsp3) is 0.386. The van der Waals surface area contributed by atoms with Crippen molar-refractivity contribution in [1.29, 1.82) is 0 Å². The van der Waals surface area contributed by atoms with Crippen LogP contribution in [0.3, 0.4) is 0 Å². The number of para-hydroxylation sites is 3. The molecule has 23 heteroatoms. The summed E-state index contributed by atoms with van der Waals surface area (Å²) in [7, 11) is 0. The summed E-state index contributed by atoms with van der Waals surface area (Å²) >= 11 is 0. The number of carbonyl (C=O) groups is 3. The molecule has 10 heterocycles. The minimum Gasteiger partial charge on any atom is -0.490 e. The molecule has 106 heavy (non-hydrogen) atoms. The Morgan fingerprint density at radius 3 is 1.64 bits per heavy atom. The molecule has 4 saturated heterocycles. The number of H-pyrrole nitrogens is 3. The number of benzene rings is 5. The third-order valence-electron chi connectivity index (χ3n) is 19.9. The van der Waals surface area contributed by atoms with Crippen molar-refractivity contribution in [3.8, 4) is 62.5 Å². The fourth-order valence-electron chi connectivity index (χ4n) is 13.9. The van der Waals surface area contributed by atoms with E-state index in [-0.39, 0.29) is 36.3 Å². The van der Waals surface area contributed by atoms with Gasteiger partial charge in [-0.1, -0.05) is 73.7 Å². The van der Waals surface area contributed by atoms with E-state index in [0.29, 0.717) is 86.4 Å². The van der Waals surface area contributed by atoms with Crippen LogP contribution in [0.4, 0.5) is 4.79 Å². The summed E-state index contributed by atoms with van der Waals surface area (Å²) in [5, 5.41) is 21.2. The number of hydrogen-bond acceptors (Lipinski definition) is 16. The molecule has 0 radical (unpaired) electrons. The number of aromatic amines is 3. The second-order valence-electron chi connectivity index (χ2n) is 28.4. The number of imidazole rings is 2. The van der Waals surface area contributed by atoms with Crippen molar-refractivity contribution in [2.24, 2.45) is 0 Å². The second kappa shape index (κ2) is 34.4. The van der Waals surface area contributed by atoms with E-state index in [1.54, 1.807) is 17.3 Å². The van der Waals surface area contributed by atoms with Crippen LogP contribution < -0.4 is 24.8 Å². The van der Waals surface area contributed by atoms with Gasteiger partial charge in [0.1, 0.15) is 63.9 Å². The minimum absolute atomic E-state index is 0.0587. The predicted molar refractivity (Wildman–Crippen MR) is 410 cm³/mol. The molecule has 5 aromatic carbocycles. The summed E-state index contributed by atoms with van der Waals surface area (Å²) in [6.07, 6.45) is 19.0. The predicted octanol–water partition coefficient (Wildman–Crippen LogP) is 14.9. The number of carbonyl (C=O) groups excluding carboxylic acids is 3. The van der Waals surface area contributed by atoms with Crippen molar-refractivity contribution in [2.75, 3.05) is 59.0 Å². The van der Waals surface area contributed by atoms with Crippen LogP contribution in [0.5, 0.6) is 17.2 Å². The topological polar surface area (TPSA) is 261 Å². The maximum atomic E-state index is 13.7. The van der Waals surface area contributed by atoms with E-state index in [2.05, 4.69) is 96.9 Å². The standard InChI is InChI=1S/C41H49N7O5.C31H33N7O2.C11H15NO/c1-6-46(40(50)53-41(3,4)5)26-29-23-42-24-33(27(29)2)28-15-16-35-32(22-28)37(45-48(35)36-14-10-11-21-51-36)38-43-25-34(44-38)39(49)47-19-17-31(18-20-47)52-30-12-8-7-9-13-30;1-3-32-16-22-17-33-18-26(20(22)2)21-9-10-27-25(15-21)29(37-36-27)30-34-19-28(35-30)31(39)38-13-11-24(12-14-38)40-23-7-5-4-6-8-23;1-2-4-10(5-3-1)13-11-6-8-12-9-7-11/h7-9,12-13,15-16,22-25,31,36H,6,10-11,14,17-21,26H2,1-5H3,(H,43,44);4-10,15,17-19,24,32H,3,11-14,16H2,1-2H3,(H,34,35)(H,36,37);1-5,11-12H,6-9H2. The van der Waals surface area contributed by atoms with Gasteiger partial charge in [-0.3, -0.25) is 24.7 Å². The quantitative estimate of drug-likeness (QED) is 0.0504. The van der Waals surface area contributed by atoms with E-state index in [1.807, 2.05) is 164 Å². The third-order valence-corrected chi connectivity index (χ3v) is 19.9. The first-order chi connectivity index (χ1) is 51.6. The van der Waals surface area contributed by atoms with Crippen LogP contribution >= 0.6 is 0 Å². The highest BCUT2D eigenvalue weighted by Gasteiger charge is 2.31. The van der Waals surface area contributed by atoms with Gasteiger partial charge < -0.3 is 59.0 Å². The Labute approximate surface area is 619 Å². The Balaban J connectivity index is 0.000000164. The summed E-state index contributed by atoms with van der Waals surface area (Å²) in [6, 6.07) is 42.2. The van der Waals surface area contributed by atoms with Crippen LogP contribution in [0.1, 0.15) is 142 Å². The number of piperidine rings is 3. The first kappa shape index (κ1) is 73.6. The molecule has 1 atom stereocenters. The van der Waals surface area contributed by atoms with Crippen LogP contribution in [0.25, 0.3) is 67.1 Å². The van der Waals surface area contributed by atoms with Gasteiger partial charge in [0.15, 0.2) is 17.9 Å². The smallest absolute Gasteiger partial charge is 0.410 e. The minimum atomic E-state index is -0.586. The molecule has 4 aliphatic heterocycles. The number of aromatic nitrogens is 10. The summed E-state index contributed by atoms with van der Waals surface area (Å²) in [5.74, 6) is 3.65. The van der Waals surface area contributed by atoms with Crippen molar-refractivity contribution in [1.82, 2.24) is 75.2 Å². The SMILES string of the molecule is CCN(Cc1cncc(-c2ccc3c(c2)c(-c2ncc(C(=O)N4CCC(Oc5ccccc5)CC4)[nH]2)nn3C2CCCCO2)c1C)C(=O)OC(C)(C)C.CCNCc1cncc(-c2ccc3[nH]nc(-c4ncc(C(=O)N5CCC(Oc6ccccc6)CC5)[nH]4)c3c2)c1C.c1ccc(OC2CCNCC2)cc1. The summed E-state index contributed by atoms with van der Waals surface area (Å²) < 4.78 is 31.8. The molecule has 0 bridgehead atoms. The first-order valence-electron chi connectivity index (χ1n) is 37.4. The van der Waals surface area contributed by atoms with Gasteiger partial charge in [0, 0.05) is 118 Å². The van der Waals surface area contributed by atoms with E-state index < -0.39 is 5.60 Å². The molecule has 0 spiro atoms. The van der Waals surface area contributed by atoms with E-state index >= 15 is 0 Å². The lowest BCUT2D eigenvalue weighted by atomic mass is 9.97. The van der Waals surface area contributed by atoms with Gasteiger partial charge in [0.2, 0.25) is 0 Å². The Morgan fingerprint density at radius 1 is 0.594 bits per heavy atom. The van der Waals surface area contributed by atoms with E-state index in [1.165, 1.54) is 11.1 Å². The molecule has 5 N–H and O–H groups in total. The summed E-state index contributed by atoms with van der Waals surface area (Å²) in [4.78, 5) is 70.1. The molecular weight excluding hydrogens is 1340 g/mol. The van der Waals surface area contributed by atoms with Crippen LogP contribution in [-0.2, 0) is 22.6 Å². The van der Waals surface area contributed by atoms with Crippen molar-refractivity contribution in [3.63, 3.8) is 0 Å². The Bertz CT molecular complexity index is 4710. The fourth-order valence-corrected chi connectivity index (χ4v) is 13.9. The van der Waals surface area contributed by atoms with E-state index in [0.717, 1.165) is 156 Å². The molecule has 3 amide bonds. The van der Waals surface area contributed by atoms with Gasteiger partial charge in [-0.15, -0.1) is 0 Å². The molecule has 11 aromatic rings. The van der Waals surface area contributed by atoms with Gasteiger partial charge >= 0.3 is 6.09 Å². The summed E-state index contributed by atoms with van der Waals surface area (Å²) in [5.41, 5.74) is 11.8. The van der Waals surface area contributed by atoms with E-state index in [4.69, 9.17) is 33.8 Å². The number of rotatable bonds is 19. The first-order valence-corrected chi connectivity index (χ1v) is 37.4. The number of likely N-dealkylation sites (tertiary alicyclic amines) is 2. The molecule has 4 aliphatic rings. The van der Waals surface area contributed by atoms with Crippen molar-refractivity contribution in [3.05, 3.63) is 198 Å². The maximum absolute atomic E-state index is 13.7. The molecule has 4 fully saturated rings. The lowest BCUT2D eigenvalue weighted by Gasteiger charge is -2.31. The van der Waals surface area contributed by atoms with Gasteiger partial charge in [-0.25, -0.2) is 19.4 Å². The Morgan fingerprint density at radius 2 is 1.11 bits per heavy atom. The number of amides is 3. The van der Waals surface area contributed by atoms with Crippen molar-refractivity contribution < 1.29 is 38.1 Å². The molecular formula is C83H97N15O8. The molecule has 1 unspecified atom stereocenters. The monoisotopic (exact) mass is 1430 g/mol. The lowest BCUT2D eigenvalue weighted by Crippen LogP contribution is -2.41. The zero-order chi connectivity index (χ0) is 73.5. The van der Waals surface area contributed by atoms with Crippen LogP contribution in [0.15, 0.2) is 165 Å². The van der Waals surface area contributed by atoms with Crippen LogP contribution in [0.2, 0.25) is 0 Å². The third kappa shape index (κ3) is 18.1.